The number of fused-ring (bicyclic) bond motifs is 2. The van der Waals surface area contributed by atoms with Crippen LogP contribution in [0.15, 0.2) is 90.0 Å². The van der Waals surface area contributed by atoms with Crippen molar-refractivity contribution in [3.8, 4) is 22.3 Å². The third-order valence-electron chi connectivity index (χ3n) is 11.7. The van der Waals surface area contributed by atoms with E-state index in [-0.39, 0.29) is 18.1 Å². The second kappa shape index (κ2) is 12.6. The molecule has 0 nitrogen and oxygen atoms in total. The number of benzene rings is 4. The number of hydrogen-bond donors (Lipinski definition) is 0. The van der Waals surface area contributed by atoms with Gasteiger partial charge in [-0.1, -0.05) is 0 Å². The van der Waals surface area contributed by atoms with Crippen molar-refractivity contribution >= 4 is 35.1 Å². The predicted molar refractivity (Wildman–Crippen MR) is 218 cm³/mol. The fourth-order valence-corrected chi connectivity index (χ4v) is 41.0. The second-order valence-corrected chi connectivity index (χ2v) is 60.2. The van der Waals surface area contributed by atoms with Gasteiger partial charge in [-0.25, -0.2) is 0 Å². The van der Waals surface area contributed by atoms with Crippen molar-refractivity contribution in [2.75, 3.05) is 0 Å². The molecule has 2 aliphatic carbocycles. The summed E-state index contributed by atoms with van der Waals surface area (Å²) in [5.74, 6) is -1.31. The Kier molecular flexibility index (Phi) is 9.48. The number of hydrogen-bond acceptors (Lipinski definition) is 0. The SMILES string of the molecule is CC1=Cc2c(-c3ccc(C(C)(C)C)cc3)ccc(C)c2[CH]1[Zr]([Cl])([Cl])([CH]1C(C(C)C)=Cc2c(-c3ccc(C(C)(C)C)cc3)cccc21)[SiH](C)C. The zero-order valence-corrected chi connectivity index (χ0v) is 36.9. The first-order valence-electron chi connectivity index (χ1n) is 18.2. The van der Waals surface area contributed by atoms with Crippen molar-refractivity contribution < 1.29 is 15.6 Å². The molecule has 0 N–H and O–H groups in total. The first kappa shape index (κ1) is 36.8. The fourth-order valence-electron chi connectivity index (χ4n) is 8.71. The molecule has 0 saturated carbocycles. The Morgan fingerprint density at radius 1 is 0.633 bits per heavy atom. The third kappa shape index (κ3) is 6.09. The van der Waals surface area contributed by atoms with E-state index in [4.69, 9.17) is 17.0 Å². The van der Waals surface area contributed by atoms with Crippen LogP contribution in [0.3, 0.4) is 0 Å². The molecule has 6 rings (SSSR count). The first-order chi connectivity index (χ1) is 22.7. The van der Waals surface area contributed by atoms with Crippen LogP contribution >= 0.6 is 17.0 Å². The zero-order valence-electron chi connectivity index (χ0n) is 31.7. The molecule has 0 bridgehead atoms. The summed E-state index contributed by atoms with van der Waals surface area (Å²) in [6, 6.07) is 29.9. The van der Waals surface area contributed by atoms with Crippen molar-refractivity contribution in [2.45, 2.75) is 100 Å². The summed E-state index contributed by atoms with van der Waals surface area (Å²) in [5.41, 5.74) is 17.5. The molecule has 0 fully saturated rings. The van der Waals surface area contributed by atoms with Crippen LogP contribution in [0, 0.1) is 12.8 Å². The zero-order chi connectivity index (χ0) is 35.9. The molecule has 4 aromatic carbocycles. The van der Waals surface area contributed by atoms with Gasteiger partial charge in [-0.15, -0.1) is 0 Å². The Balaban J connectivity index is 1.54. The molecule has 2 unspecified atom stereocenters. The first-order valence-corrected chi connectivity index (χ1v) is 34.5. The predicted octanol–water partition coefficient (Wildman–Crippen LogP) is 14.2. The molecule has 0 radical (unpaired) electrons. The number of aryl methyl sites for hydroxylation is 1. The van der Waals surface area contributed by atoms with E-state index < -0.39 is 21.5 Å². The Bertz CT molecular complexity index is 1980. The average Bonchev–Trinajstić information content (AvgIpc) is 3.61. The van der Waals surface area contributed by atoms with Gasteiger partial charge in [0.05, 0.1) is 0 Å². The average molecular weight is 786 g/mol. The summed E-state index contributed by atoms with van der Waals surface area (Å²) in [6.07, 6.45) is 4.93. The third-order valence-corrected chi connectivity index (χ3v) is 63.6. The Hall–Kier alpha value is -1.96. The Morgan fingerprint density at radius 2 is 1.14 bits per heavy atom. The molecular formula is C45H55Cl2SiZr. The molecule has 0 heterocycles. The van der Waals surface area contributed by atoms with E-state index >= 15 is 0 Å². The molecular weight excluding hydrogens is 731 g/mol. The molecule has 49 heavy (non-hydrogen) atoms. The van der Waals surface area contributed by atoms with Gasteiger partial charge < -0.3 is 0 Å². The van der Waals surface area contributed by atoms with Crippen LogP contribution in [-0.2, 0) is 26.4 Å². The molecule has 2 atom stereocenters. The van der Waals surface area contributed by atoms with Crippen LogP contribution in [0.25, 0.3) is 34.4 Å². The minimum atomic E-state index is -4.86. The summed E-state index contributed by atoms with van der Waals surface area (Å²) in [4.78, 5) is 0. The van der Waals surface area contributed by atoms with Crippen LogP contribution < -0.4 is 0 Å². The topological polar surface area (TPSA) is 0 Å². The number of halogens is 2. The molecule has 257 valence electrons. The number of rotatable bonds is 6. The van der Waals surface area contributed by atoms with E-state index in [2.05, 4.69) is 173 Å². The Morgan fingerprint density at radius 3 is 1.61 bits per heavy atom. The van der Waals surface area contributed by atoms with Gasteiger partial charge in [-0.05, 0) is 0 Å². The van der Waals surface area contributed by atoms with Gasteiger partial charge in [-0.3, -0.25) is 0 Å². The monoisotopic (exact) mass is 783 g/mol. The van der Waals surface area contributed by atoms with E-state index in [1.54, 1.807) is 0 Å². The molecule has 4 aromatic rings. The van der Waals surface area contributed by atoms with Gasteiger partial charge >= 0.3 is 308 Å². The normalized spacial score (nSPS) is 18.7. The van der Waals surface area contributed by atoms with Gasteiger partial charge in [0.25, 0.3) is 0 Å². The summed E-state index contributed by atoms with van der Waals surface area (Å²) in [6.45, 7) is 27.8. The van der Waals surface area contributed by atoms with Crippen LogP contribution in [0.1, 0.15) is 109 Å². The van der Waals surface area contributed by atoms with Gasteiger partial charge in [0, 0.05) is 0 Å². The van der Waals surface area contributed by atoms with E-state index in [1.807, 2.05) is 0 Å². The van der Waals surface area contributed by atoms with Crippen LogP contribution in [-0.4, -0.2) is 5.92 Å². The van der Waals surface area contributed by atoms with Crippen LogP contribution in [0.5, 0.6) is 0 Å². The maximum atomic E-state index is 8.70. The van der Waals surface area contributed by atoms with Crippen LogP contribution in [0.4, 0.5) is 0 Å². The van der Waals surface area contributed by atoms with Crippen molar-refractivity contribution in [3.63, 3.8) is 0 Å². The van der Waals surface area contributed by atoms with Gasteiger partial charge in [-0.2, -0.15) is 0 Å². The number of allylic oxidation sites excluding steroid dienone is 2. The van der Waals surface area contributed by atoms with Crippen molar-refractivity contribution in [1.29, 1.82) is 0 Å². The van der Waals surface area contributed by atoms with Gasteiger partial charge in [0.15, 0.2) is 0 Å². The van der Waals surface area contributed by atoms with E-state index in [0.717, 1.165) is 0 Å². The van der Waals surface area contributed by atoms with E-state index in [0.29, 0.717) is 5.92 Å². The van der Waals surface area contributed by atoms with Crippen molar-refractivity contribution in [1.82, 2.24) is 0 Å². The van der Waals surface area contributed by atoms with Gasteiger partial charge in [0.2, 0.25) is 0 Å². The van der Waals surface area contributed by atoms with E-state index in [9.17, 15) is 0 Å². The van der Waals surface area contributed by atoms with Gasteiger partial charge in [0.1, 0.15) is 0 Å². The molecule has 0 saturated heterocycles. The van der Waals surface area contributed by atoms with Crippen molar-refractivity contribution in [3.05, 3.63) is 129 Å². The molecule has 2 aliphatic rings. The van der Waals surface area contributed by atoms with Crippen LogP contribution in [0.2, 0.25) is 13.1 Å². The second-order valence-electron chi connectivity index (χ2n) is 17.7. The fraction of sp³-hybridized carbons (Fsp3) is 0.378. The quantitative estimate of drug-likeness (QED) is 0.171. The summed E-state index contributed by atoms with van der Waals surface area (Å²) in [7, 11) is 17.4. The molecule has 4 heteroatoms. The molecule has 0 aromatic heterocycles. The van der Waals surface area contributed by atoms with E-state index in [1.165, 1.54) is 72.3 Å². The van der Waals surface area contributed by atoms with Crippen molar-refractivity contribution in [2.24, 2.45) is 5.92 Å². The Labute approximate surface area is 305 Å². The summed E-state index contributed by atoms with van der Waals surface area (Å²) >= 11 is -4.86. The maximum absolute atomic E-state index is 8.70. The molecule has 0 amide bonds. The molecule has 0 aliphatic heterocycles. The molecule has 0 spiro atoms. The summed E-state index contributed by atoms with van der Waals surface area (Å²) < 4.78 is 0.154. The minimum absolute atomic E-state index is 0.0769. The standard InChI is InChI=1S/C22H25.C21H23.C2H7Si.2ClH.Zr/c1-15(2)18-13-17-7-6-8-20(21(17)14-18)16-9-11-19(12-10-16)22(3,4)5;1-14-12-19-15(2)6-11-18(20(19)13-14)16-7-9-17(10-8-16)21(3,4)5;1-3-2;;;/h6-15H,1-5H3;6-13H,1-5H3;3H,1-2H3;2*1H;/q;;;;;+2/p-2. The summed E-state index contributed by atoms with van der Waals surface area (Å²) in [5, 5.41) is 0.